The lowest BCUT2D eigenvalue weighted by molar-refractivity contribution is 0.669. The lowest BCUT2D eigenvalue weighted by atomic mass is 9.94. The van der Waals surface area contributed by atoms with Crippen molar-refractivity contribution in [3.8, 4) is 45.3 Å². The van der Waals surface area contributed by atoms with Gasteiger partial charge in [-0.3, -0.25) is 4.98 Å². The molecule has 4 aromatic heterocycles. The molecule has 0 saturated carbocycles. The molecule has 0 N–H and O–H groups in total. The van der Waals surface area contributed by atoms with Gasteiger partial charge < -0.3 is 8.83 Å². The fraction of sp³-hybridized carbons (Fsp3) is 0. The van der Waals surface area contributed by atoms with Gasteiger partial charge in [-0.05, 0) is 70.3 Å². The fourth-order valence-electron chi connectivity index (χ4n) is 7.53. The van der Waals surface area contributed by atoms with Crippen molar-refractivity contribution in [2.45, 2.75) is 0 Å². The molecular weight excluding hydrogens is 641 g/mol. The van der Waals surface area contributed by atoms with Crippen molar-refractivity contribution in [1.82, 2.24) is 19.9 Å². The number of para-hydroxylation sites is 1. The van der Waals surface area contributed by atoms with Gasteiger partial charge in [-0.2, -0.15) is 0 Å². The predicted molar refractivity (Wildman–Crippen MR) is 209 cm³/mol. The molecule has 11 aromatic rings. The molecule has 242 valence electrons. The Hall–Kier alpha value is -7.18. The van der Waals surface area contributed by atoms with Crippen LogP contribution in [-0.4, -0.2) is 19.9 Å². The van der Waals surface area contributed by atoms with Gasteiger partial charge in [0.2, 0.25) is 0 Å². The molecule has 0 radical (unpaired) electrons. The Bertz CT molecular complexity index is 3200. The van der Waals surface area contributed by atoms with Crippen molar-refractivity contribution in [1.29, 1.82) is 0 Å². The third-order valence-corrected chi connectivity index (χ3v) is 9.99. The van der Waals surface area contributed by atoms with E-state index < -0.39 is 0 Å². The molecule has 0 aliphatic carbocycles. The molecule has 6 nitrogen and oxygen atoms in total. The number of fused-ring (bicyclic) bond motifs is 8. The van der Waals surface area contributed by atoms with Crippen molar-refractivity contribution in [2.24, 2.45) is 0 Å². The molecule has 0 spiro atoms. The van der Waals surface area contributed by atoms with Crippen LogP contribution in [0.3, 0.4) is 0 Å². The highest BCUT2D eigenvalue weighted by Gasteiger charge is 2.23. The van der Waals surface area contributed by atoms with Crippen LogP contribution in [0.1, 0.15) is 0 Å². The maximum absolute atomic E-state index is 6.90. The van der Waals surface area contributed by atoms with Gasteiger partial charge in [-0.1, -0.05) is 97.1 Å². The summed E-state index contributed by atoms with van der Waals surface area (Å²) in [5.74, 6) is 1.77. The summed E-state index contributed by atoms with van der Waals surface area (Å²) < 4.78 is 13.2. The van der Waals surface area contributed by atoms with Gasteiger partial charge in [0.1, 0.15) is 22.3 Å². The normalized spacial score (nSPS) is 11.8. The largest absolute Gasteiger partial charge is 0.456 e. The Morgan fingerprint density at radius 2 is 1.13 bits per heavy atom. The molecule has 0 aliphatic heterocycles. The Morgan fingerprint density at radius 1 is 0.385 bits per heavy atom. The first kappa shape index (κ1) is 28.6. The number of furan rings is 2. The lowest BCUT2D eigenvalue weighted by Crippen LogP contribution is -2.00. The molecule has 0 unspecified atom stereocenters. The quantitative estimate of drug-likeness (QED) is 0.186. The van der Waals surface area contributed by atoms with E-state index in [0.717, 1.165) is 93.2 Å². The maximum atomic E-state index is 6.90. The van der Waals surface area contributed by atoms with Crippen LogP contribution in [0.5, 0.6) is 0 Å². The fourth-order valence-corrected chi connectivity index (χ4v) is 7.53. The zero-order valence-electron chi connectivity index (χ0n) is 27.6. The second-order valence-electron chi connectivity index (χ2n) is 13.0. The second kappa shape index (κ2) is 11.2. The molecule has 0 amide bonds. The molecular formula is C46H26N4O2. The van der Waals surface area contributed by atoms with E-state index in [1.807, 2.05) is 79.1 Å². The van der Waals surface area contributed by atoms with E-state index in [-0.39, 0.29) is 0 Å². The van der Waals surface area contributed by atoms with Crippen LogP contribution in [0, 0.1) is 0 Å². The van der Waals surface area contributed by atoms with Crippen LogP contribution >= 0.6 is 0 Å². The Labute approximate surface area is 296 Å². The third-order valence-electron chi connectivity index (χ3n) is 9.99. The number of rotatable bonds is 4. The van der Waals surface area contributed by atoms with Crippen LogP contribution in [-0.2, 0) is 0 Å². The van der Waals surface area contributed by atoms with E-state index in [0.29, 0.717) is 17.5 Å². The monoisotopic (exact) mass is 666 g/mol. The number of nitrogens with zero attached hydrogens (tertiary/aromatic N) is 4. The third kappa shape index (κ3) is 4.44. The molecule has 0 atom stereocenters. The first-order valence-electron chi connectivity index (χ1n) is 17.2. The summed E-state index contributed by atoms with van der Waals surface area (Å²) in [5.41, 5.74) is 7.87. The molecule has 11 rings (SSSR count). The highest BCUT2D eigenvalue weighted by molar-refractivity contribution is 6.21. The second-order valence-corrected chi connectivity index (χ2v) is 13.0. The van der Waals surface area contributed by atoms with E-state index in [9.17, 15) is 0 Å². The van der Waals surface area contributed by atoms with Crippen molar-refractivity contribution in [2.75, 3.05) is 0 Å². The SMILES string of the molecule is c1ccc(-c2nc(-c3ccc4ccccc4c3)nc(-c3ccc(-c4cccc5oc6ccccc6c45)c4oc5cc6ccncc6cc5c34)n2)cc1. The predicted octanol–water partition coefficient (Wildman–Crippen LogP) is 12.0. The zero-order valence-corrected chi connectivity index (χ0v) is 27.6. The summed E-state index contributed by atoms with van der Waals surface area (Å²) >= 11 is 0. The summed E-state index contributed by atoms with van der Waals surface area (Å²) in [4.78, 5) is 19.8. The minimum Gasteiger partial charge on any atom is -0.456 e. The highest BCUT2D eigenvalue weighted by Crippen LogP contribution is 2.45. The summed E-state index contributed by atoms with van der Waals surface area (Å²) in [7, 11) is 0. The summed E-state index contributed by atoms with van der Waals surface area (Å²) in [6.07, 6.45) is 3.70. The van der Waals surface area contributed by atoms with E-state index in [1.165, 1.54) is 0 Å². The van der Waals surface area contributed by atoms with E-state index in [1.54, 1.807) is 0 Å². The summed E-state index contributed by atoms with van der Waals surface area (Å²) in [6.45, 7) is 0. The molecule has 0 saturated heterocycles. The number of aromatic nitrogens is 4. The molecule has 0 bridgehead atoms. The van der Waals surface area contributed by atoms with Gasteiger partial charge in [-0.25, -0.2) is 15.0 Å². The lowest BCUT2D eigenvalue weighted by Gasteiger charge is -2.11. The van der Waals surface area contributed by atoms with Crippen molar-refractivity contribution in [3.63, 3.8) is 0 Å². The molecule has 6 heteroatoms. The smallest absolute Gasteiger partial charge is 0.164 e. The van der Waals surface area contributed by atoms with Gasteiger partial charge in [-0.15, -0.1) is 0 Å². The Kier molecular flexibility index (Phi) is 6.15. The standard InChI is InChI=1S/C46H26N4O2/c1-2-10-28(11-3-1)44-48-45(31-18-17-27-9-4-5-12-29(27)23-31)50-46(49-44)36-20-19-34(33-14-8-16-39-41(33)35-13-6-7-15-38(35)51-39)43-42(36)37-24-32-26-47-22-21-30(32)25-40(37)52-43/h1-26H. The zero-order chi connectivity index (χ0) is 34.2. The average Bonchev–Trinajstić information content (AvgIpc) is 3.78. The summed E-state index contributed by atoms with van der Waals surface area (Å²) in [5, 5.41) is 8.36. The number of hydrogen-bond acceptors (Lipinski definition) is 6. The molecule has 52 heavy (non-hydrogen) atoms. The minimum atomic E-state index is 0.564. The molecule has 0 aliphatic rings. The minimum absolute atomic E-state index is 0.564. The average molecular weight is 667 g/mol. The molecule has 7 aromatic carbocycles. The van der Waals surface area contributed by atoms with Crippen molar-refractivity contribution in [3.05, 3.63) is 158 Å². The van der Waals surface area contributed by atoms with Gasteiger partial charge in [0.05, 0.1) is 0 Å². The van der Waals surface area contributed by atoms with Crippen LogP contribution in [0.25, 0.3) is 111 Å². The van der Waals surface area contributed by atoms with Gasteiger partial charge >= 0.3 is 0 Å². The molecule has 4 heterocycles. The highest BCUT2D eigenvalue weighted by atomic mass is 16.3. The maximum Gasteiger partial charge on any atom is 0.164 e. The number of hydrogen-bond donors (Lipinski definition) is 0. The van der Waals surface area contributed by atoms with E-state index in [2.05, 4.69) is 83.8 Å². The van der Waals surface area contributed by atoms with E-state index in [4.69, 9.17) is 23.8 Å². The Morgan fingerprint density at radius 3 is 2.06 bits per heavy atom. The van der Waals surface area contributed by atoms with Gasteiger partial charge in [0.25, 0.3) is 0 Å². The van der Waals surface area contributed by atoms with Crippen molar-refractivity contribution >= 4 is 65.4 Å². The van der Waals surface area contributed by atoms with Gasteiger partial charge in [0.15, 0.2) is 17.5 Å². The van der Waals surface area contributed by atoms with Crippen LogP contribution in [0.2, 0.25) is 0 Å². The topological polar surface area (TPSA) is 77.8 Å². The number of pyridine rings is 1. The van der Waals surface area contributed by atoms with Crippen LogP contribution in [0.4, 0.5) is 0 Å². The first-order valence-corrected chi connectivity index (χ1v) is 17.2. The number of benzene rings is 7. The Balaban J connectivity index is 1.23. The first-order chi connectivity index (χ1) is 25.7. The molecule has 0 fully saturated rings. The van der Waals surface area contributed by atoms with Crippen LogP contribution in [0.15, 0.2) is 167 Å². The van der Waals surface area contributed by atoms with Crippen LogP contribution < -0.4 is 0 Å². The van der Waals surface area contributed by atoms with E-state index >= 15 is 0 Å². The van der Waals surface area contributed by atoms with Crippen molar-refractivity contribution < 1.29 is 8.83 Å². The van der Waals surface area contributed by atoms with Gasteiger partial charge in [0, 0.05) is 61.6 Å². The summed E-state index contributed by atoms with van der Waals surface area (Å²) in [6, 6.07) is 49.6.